The molecule has 0 saturated heterocycles. The van der Waals surface area contributed by atoms with Crippen LogP contribution < -0.4 is 20.7 Å². The maximum Gasteiger partial charge on any atom is 0.407 e. The van der Waals surface area contributed by atoms with Crippen LogP contribution in [0.5, 0.6) is 5.75 Å². The van der Waals surface area contributed by atoms with Gasteiger partial charge in [0.05, 0.1) is 22.4 Å². The largest absolute Gasteiger partial charge is 0.490 e. The Balaban J connectivity index is 1.46. The first-order chi connectivity index (χ1) is 20.4. The van der Waals surface area contributed by atoms with Crippen LogP contribution in [0.2, 0.25) is 5.02 Å². The number of anilines is 2. The van der Waals surface area contributed by atoms with Gasteiger partial charge in [0.25, 0.3) is 11.8 Å². The molecule has 3 aromatic rings. The molecule has 0 spiro atoms. The molecule has 43 heavy (non-hydrogen) atoms. The fraction of sp³-hybridized carbons (Fsp3) is 0.367. The topological polar surface area (TPSA) is 149 Å². The summed E-state index contributed by atoms with van der Waals surface area (Å²) in [6.45, 7) is 5.43. The van der Waals surface area contributed by atoms with Gasteiger partial charge in [-0.2, -0.15) is 0 Å². The van der Waals surface area contributed by atoms with E-state index >= 15 is 0 Å². The highest BCUT2D eigenvalue weighted by atomic mass is 35.5. The summed E-state index contributed by atoms with van der Waals surface area (Å²) >= 11 is 5.87. The van der Waals surface area contributed by atoms with Crippen molar-refractivity contribution in [3.05, 3.63) is 71.1 Å². The molecule has 1 fully saturated rings. The van der Waals surface area contributed by atoms with Crippen LogP contribution in [0.4, 0.5) is 16.3 Å². The number of nitrogens with one attached hydrogen (secondary N) is 3. The standard InChI is InChI=1S/C30H34ClN5O6S/c1-30(2,3)42-29(39)34-19-8-10-20(11-9-19)41-24-16-21(43(4)40)12-13-22(24)27(37)35-23-6-5-15-32-26(23)28(38)36-25-14-7-18(31)17-33-25/h5-7,12-17,19-20H,8-11H2,1-4H3,(H,34,39)(H,35,37)(H,33,36,38). The summed E-state index contributed by atoms with van der Waals surface area (Å²) in [7, 11) is -1.31. The number of alkyl carbamates (subject to hydrolysis) is 1. The molecule has 0 aliphatic heterocycles. The SMILES string of the molecule is CS(=O)c1ccc(C(=O)Nc2cccnc2C(=O)Nc2ccc(Cl)cn2)c(OC2CCC(NC(=O)OC(C)(C)C)CC2)c1. The Morgan fingerprint density at radius 2 is 1.72 bits per heavy atom. The average molecular weight is 628 g/mol. The lowest BCUT2D eigenvalue weighted by Gasteiger charge is -2.30. The first-order valence-electron chi connectivity index (χ1n) is 13.7. The summed E-state index contributed by atoms with van der Waals surface area (Å²) in [5.74, 6) is -0.563. The van der Waals surface area contributed by atoms with Gasteiger partial charge in [-0.05, 0) is 88.9 Å². The molecule has 2 heterocycles. The van der Waals surface area contributed by atoms with Gasteiger partial charge in [-0.25, -0.2) is 14.8 Å². The molecule has 0 bridgehead atoms. The highest BCUT2D eigenvalue weighted by Gasteiger charge is 2.27. The minimum Gasteiger partial charge on any atom is -0.490 e. The molecule has 2 aromatic heterocycles. The second kappa shape index (κ2) is 14.0. The Morgan fingerprint density at radius 3 is 2.37 bits per heavy atom. The van der Waals surface area contributed by atoms with E-state index < -0.39 is 34.3 Å². The van der Waals surface area contributed by atoms with E-state index in [0.717, 1.165) is 0 Å². The molecule has 1 saturated carbocycles. The van der Waals surface area contributed by atoms with Crippen LogP contribution in [0, 0.1) is 0 Å². The first-order valence-corrected chi connectivity index (χ1v) is 15.6. The quantitative estimate of drug-likeness (QED) is 0.293. The number of carbonyl (C=O) groups is 3. The van der Waals surface area contributed by atoms with Gasteiger partial charge in [0, 0.05) is 40.4 Å². The van der Waals surface area contributed by atoms with Gasteiger partial charge < -0.3 is 25.4 Å². The summed E-state index contributed by atoms with van der Waals surface area (Å²) in [6, 6.07) is 11.0. The van der Waals surface area contributed by atoms with Crippen LogP contribution in [0.1, 0.15) is 67.3 Å². The van der Waals surface area contributed by atoms with Crippen molar-refractivity contribution in [1.82, 2.24) is 15.3 Å². The smallest absolute Gasteiger partial charge is 0.407 e. The second-order valence-electron chi connectivity index (χ2n) is 11.0. The Hall–Kier alpha value is -4.03. The van der Waals surface area contributed by atoms with Gasteiger partial charge in [0.1, 0.15) is 17.2 Å². The Bertz CT molecular complexity index is 1500. The zero-order valence-electron chi connectivity index (χ0n) is 24.3. The van der Waals surface area contributed by atoms with Gasteiger partial charge in [0.2, 0.25) is 0 Å². The minimum absolute atomic E-state index is 0.0165. The first kappa shape index (κ1) is 31.9. The Labute approximate surface area is 257 Å². The lowest BCUT2D eigenvalue weighted by atomic mass is 9.93. The number of halogens is 1. The van der Waals surface area contributed by atoms with Crippen LogP contribution in [0.15, 0.2) is 59.8 Å². The predicted octanol–water partition coefficient (Wildman–Crippen LogP) is 5.59. The van der Waals surface area contributed by atoms with E-state index in [1.807, 2.05) is 20.8 Å². The van der Waals surface area contributed by atoms with Crippen molar-refractivity contribution in [1.29, 1.82) is 0 Å². The molecule has 228 valence electrons. The zero-order chi connectivity index (χ0) is 31.1. The third kappa shape index (κ3) is 9.23. The molecular formula is C30H34ClN5O6S. The molecule has 1 aliphatic carbocycles. The average Bonchev–Trinajstić information content (AvgIpc) is 2.94. The monoisotopic (exact) mass is 627 g/mol. The number of carbonyl (C=O) groups excluding carboxylic acids is 3. The third-order valence-corrected chi connectivity index (χ3v) is 7.60. The fourth-order valence-corrected chi connectivity index (χ4v) is 5.09. The van der Waals surface area contributed by atoms with E-state index in [1.54, 1.807) is 48.7 Å². The molecule has 1 aromatic carbocycles. The van der Waals surface area contributed by atoms with Crippen molar-refractivity contribution in [2.75, 3.05) is 16.9 Å². The van der Waals surface area contributed by atoms with Crippen molar-refractivity contribution in [2.45, 2.75) is 69.1 Å². The van der Waals surface area contributed by atoms with Gasteiger partial charge in [0.15, 0.2) is 5.69 Å². The van der Waals surface area contributed by atoms with Crippen LogP contribution in [0.25, 0.3) is 0 Å². The summed E-state index contributed by atoms with van der Waals surface area (Å²) in [4.78, 5) is 47.3. The summed E-state index contributed by atoms with van der Waals surface area (Å²) in [5, 5.41) is 8.72. The highest BCUT2D eigenvalue weighted by Crippen LogP contribution is 2.29. The van der Waals surface area contributed by atoms with Crippen molar-refractivity contribution < 1.29 is 28.1 Å². The van der Waals surface area contributed by atoms with Gasteiger partial charge in [-0.1, -0.05) is 11.6 Å². The molecule has 1 atom stereocenters. The molecule has 1 unspecified atom stereocenters. The number of ether oxygens (including phenoxy) is 2. The van der Waals surface area contributed by atoms with Crippen molar-refractivity contribution in [3.63, 3.8) is 0 Å². The Morgan fingerprint density at radius 1 is 0.977 bits per heavy atom. The Kier molecular flexibility index (Phi) is 10.4. The number of pyridine rings is 2. The van der Waals surface area contributed by atoms with E-state index in [4.69, 9.17) is 21.1 Å². The molecule has 13 heteroatoms. The van der Waals surface area contributed by atoms with E-state index in [9.17, 15) is 18.6 Å². The fourth-order valence-electron chi connectivity index (χ4n) is 4.45. The summed E-state index contributed by atoms with van der Waals surface area (Å²) in [6.07, 6.45) is 6.30. The molecule has 3 amide bonds. The maximum absolute atomic E-state index is 13.5. The molecular weight excluding hydrogens is 594 g/mol. The number of hydrogen-bond acceptors (Lipinski definition) is 8. The van der Waals surface area contributed by atoms with Gasteiger partial charge >= 0.3 is 6.09 Å². The summed E-state index contributed by atoms with van der Waals surface area (Å²) < 4.78 is 23.9. The van der Waals surface area contributed by atoms with E-state index in [1.165, 1.54) is 12.4 Å². The third-order valence-electron chi connectivity index (χ3n) is 6.46. The number of hydrogen-bond donors (Lipinski definition) is 3. The number of aromatic nitrogens is 2. The molecule has 4 rings (SSSR count). The van der Waals surface area contributed by atoms with Crippen LogP contribution >= 0.6 is 11.6 Å². The number of nitrogens with zero attached hydrogens (tertiary/aromatic N) is 2. The van der Waals surface area contributed by atoms with Crippen LogP contribution in [-0.4, -0.2) is 56.1 Å². The number of amides is 3. The van der Waals surface area contributed by atoms with Crippen molar-refractivity contribution in [2.24, 2.45) is 0 Å². The zero-order valence-corrected chi connectivity index (χ0v) is 25.9. The second-order valence-corrected chi connectivity index (χ2v) is 12.8. The molecule has 11 nitrogen and oxygen atoms in total. The normalized spacial score (nSPS) is 17.3. The number of benzene rings is 1. The molecule has 3 N–H and O–H groups in total. The van der Waals surface area contributed by atoms with Crippen molar-refractivity contribution >= 4 is 51.8 Å². The van der Waals surface area contributed by atoms with E-state index in [2.05, 4.69) is 25.9 Å². The molecule has 0 radical (unpaired) electrons. The van der Waals surface area contributed by atoms with Gasteiger partial charge in [-0.15, -0.1) is 0 Å². The van der Waals surface area contributed by atoms with Crippen LogP contribution in [0.3, 0.4) is 0 Å². The van der Waals surface area contributed by atoms with E-state index in [-0.39, 0.29) is 40.7 Å². The maximum atomic E-state index is 13.5. The van der Waals surface area contributed by atoms with E-state index in [0.29, 0.717) is 35.6 Å². The van der Waals surface area contributed by atoms with Crippen molar-refractivity contribution in [3.8, 4) is 5.75 Å². The van der Waals surface area contributed by atoms with Gasteiger partial charge in [-0.3, -0.25) is 13.8 Å². The lowest BCUT2D eigenvalue weighted by molar-refractivity contribution is 0.0469. The highest BCUT2D eigenvalue weighted by molar-refractivity contribution is 7.84. The van der Waals surface area contributed by atoms with Crippen LogP contribution in [-0.2, 0) is 15.5 Å². The lowest BCUT2D eigenvalue weighted by Crippen LogP contribution is -2.42. The molecule has 1 aliphatic rings. The minimum atomic E-state index is -1.31. The summed E-state index contributed by atoms with van der Waals surface area (Å²) in [5.41, 5.74) is -0.211. The number of rotatable bonds is 8. The predicted molar refractivity (Wildman–Crippen MR) is 164 cm³/mol.